The summed E-state index contributed by atoms with van der Waals surface area (Å²) in [4.78, 5) is 22.2. The van der Waals surface area contributed by atoms with Crippen molar-refractivity contribution in [3.05, 3.63) is 48.0 Å². The molecule has 0 aliphatic rings. The van der Waals surface area contributed by atoms with Crippen molar-refractivity contribution in [2.75, 3.05) is 6.61 Å². The van der Waals surface area contributed by atoms with Gasteiger partial charge in [-0.2, -0.15) is 0 Å². The second-order valence-electron chi connectivity index (χ2n) is 3.37. The van der Waals surface area contributed by atoms with Gasteiger partial charge in [0.05, 0.1) is 0 Å². The lowest BCUT2D eigenvalue weighted by atomic mass is 10.2. The third kappa shape index (κ3) is 5.51. The zero-order valence-electron chi connectivity index (χ0n) is 9.68. The molecule has 1 aromatic rings. The van der Waals surface area contributed by atoms with Crippen LogP contribution in [0.5, 0.6) is 0 Å². The van der Waals surface area contributed by atoms with Gasteiger partial charge in [0.2, 0.25) is 0 Å². The molecule has 17 heavy (non-hydrogen) atoms. The average Bonchev–Trinajstić information content (AvgIpc) is 2.35. The number of carbonyl (C=O) groups excluding carboxylic acids is 2. The van der Waals surface area contributed by atoms with E-state index in [0.29, 0.717) is 6.54 Å². The summed E-state index contributed by atoms with van der Waals surface area (Å²) in [5.41, 5.74) is 1.00. The van der Waals surface area contributed by atoms with E-state index in [1.54, 1.807) is 13.0 Å². The van der Waals surface area contributed by atoms with Gasteiger partial charge in [0.15, 0.2) is 6.61 Å². The van der Waals surface area contributed by atoms with Crippen molar-refractivity contribution in [1.82, 2.24) is 5.32 Å². The number of benzene rings is 1. The average molecular weight is 233 g/mol. The quantitative estimate of drug-likeness (QED) is 0.618. The summed E-state index contributed by atoms with van der Waals surface area (Å²) in [6.07, 6.45) is 2.83. The first-order chi connectivity index (χ1) is 8.22. The maximum atomic E-state index is 11.3. The van der Waals surface area contributed by atoms with Crippen LogP contribution in [0.4, 0.5) is 0 Å². The molecule has 4 nitrogen and oxygen atoms in total. The minimum absolute atomic E-state index is 0.254. The fourth-order valence-corrected chi connectivity index (χ4v) is 1.17. The van der Waals surface area contributed by atoms with Crippen LogP contribution in [0.1, 0.15) is 12.5 Å². The largest absolute Gasteiger partial charge is 0.452 e. The second-order valence-corrected chi connectivity index (χ2v) is 3.37. The Labute approximate surface area is 100 Å². The van der Waals surface area contributed by atoms with E-state index in [0.717, 1.165) is 5.56 Å². The Balaban J connectivity index is 2.24. The monoisotopic (exact) mass is 233 g/mol. The molecule has 0 spiro atoms. The number of ether oxygens (including phenoxy) is 1. The fourth-order valence-electron chi connectivity index (χ4n) is 1.17. The smallest absolute Gasteiger partial charge is 0.330 e. The van der Waals surface area contributed by atoms with Gasteiger partial charge in [-0.1, -0.05) is 36.4 Å². The molecular weight excluding hydrogens is 218 g/mol. The molecule has 0 radical (unpaired) electrons. The first-order valence-electron chi connectivity index (χ1n) is 5.32. The molecule has 1 amide bonds. The van der Waals surface area contributed by atoms with Crippen molar-refractivity contribution < 1.29 is 14.3 Å². The minimum atomic E-state index is -0.512. The van der Waals surface area contributed by atoms with Gasteiger partial charge in [-0.3, -0.25) is 4.79 Å². The first-order valence-corrected chi connectivity index (χ1v) is 5.32. The van der Waals surface area contributed by atoms with Gasteiger partial charge >= 0.3 is 5.97 Å². The Morgan fingerprint density at radius 1 is 1.29 bits per heavy atom. The van der Waals surface area contributed by atoms with Crippen LogP contribution < -0.4 is 5.32 Å². The van der Waals surface area contributed by atoms with Gasteiger partial charge in [-0.05, 0) is 12.5 Å². The molecule has 0 atom stereocenters. The Bertz CT molecular complexity index is 398. The van der Waals surface area contributed by atoms with Crippen LogP contribution in [-0.2, 0) is 20.9 Å². The normalized spacial score (nSPS) is 10.2. The summed E-state index contributed by atoms with van der Waals surface area (Å²) >= 11 is 0. The van der Waals surface area contributed by atoms with Gasteiger partial charge < -0.3 is 10.1 Å². The van der Waals surface area contributed by atoms with Crippen molar-refractivity contribution in [3.63, 3.8) is 0 Å². The highest BCUT2D eigenvalue weighted by molar-refractivity contribution is 5.85. The lowest BCUT2D eigenvalue weighted by Gasteiger charge is -2.05. The van der Waals surface area contributed by atoms with E-state index in [9.17, 15) is 9.59 Å². The number of nitrogens with one attached hydrogen (secondary N) is 1. The Kier molecular flexibility index (Phi) is 5.51. The molecule has 1 aromatic carbocycles. The molecule has 0 aromatic heterocycles. The molecule has 90 valence electrons. The second kappa shape index (κ2) is 7.22. The predicted octanol–water partition coefficient (Wildman–Crippen LogP) is 1.42. The van der Waals surface area contributed by atoms with E-state index < -0.39 is 5.97 Å². The Morgan fingerprint density at radius 3 is 2.65 bits per heavy atom. The highest BCUT2D eigenvalue weighted by Crippen LogP contribution is 1.96. The summed E-state index contributed by atoms with van der Waals surface area (Å²) in [5, 5.41) is 2.66. The fraction of sp³-hybridized carbons (Fsp3) is 0.231. The first kappa shape index (κ1) is 13.0. The van der Waals surface area contributed by atoms with Gasteiger partial charge in [0.1, 0.15) is 0 Å². The summed E-state index contributed by atoms with van der Waals surface area (Å²) in [7, 11) is 0. The lowest BCUT2D eigenvalue weighted by Crippen LogP contribution is -2.28. The third-order valence-corrected chi connectivity index (χ3v) is 1.98. The van der Waals surface area contributed by atoms with E-state index in [-0.39, 0.29) is 12.5 Å². The number of hydrogen-bond donors (Lipinski definition) is 1. The molecule has 0 bridgehead atoms. The number of amides is 1. The number of carbonyl (C=O) groups is 2. The van der Waals surface area contributed by atoms with Crippen molar-refractivity contribution in [2.45, 2.75) is 13.5 Å². The van der Waals surface area contributed by atoms with Crippen LogP contribution >= 0.6 is 0 Å². The molecule has 0 heterocycles. The van der Waals surface area contributed by atoms with E-state index in [4.69, 9.17) is 4.74 Å². The topological polar surface area (TPSA) is 55.4 Å². The minimum Gasteiger partial charge on any atom is -0.452 e. The van der Waals surface area contributed by atoms with Crippen molar-refractivity contribution >= 4 is 11.9 Å². The molecule has 0 fully saturated rings. The van der Waals surface area contributed by atoms with Crippen molar-refractivity contribution in [2.24, 2.45) is 0 Å². The molecule has 0 aliphatic heterocycles. The zero-order valence-corrected chi connectivity index (χ0v) is 9.68. The summed E-state index contributed by atoms with van der Waals surface area (Å²) in [6, 6.07) is 9.52. The van der Waals surface area contributed by atoms with Crippen LogP contribution in [0, 0.1) is 0 Å². The van der Waals surface area contributed by atoms with Gasteiger partial charge in [0, 0.05) is 12.6 Å². The number of esters is 1. The highest BCUT2D eigenvalue weighted by Gasteiger charge is 2.04. The van der Waals surface area contributed by atoms with Crippen LogP contribution in [-0.4, -0.2) is 18.5 Å². The summed E-state index contributed by atoms with van der Waals surface area (Å²) < 4.78 is 4.69. The van der Waals surface area contributed by atoms with E-state index in [1.807, 2.05) is 30.3 Å². The standard InChI is InChI=1S/C13H15NO3/c1-2-6-13(16)17-10-12(15)14-9-11-7-4-3-5-8-11/h2-8H,9-10H2,1H3,(H,14,15)/b6-2+. The molecule has 1 rings (SSSR count). The van der Waals surface area contributed by atoms with Crippen LogP contribution in [0.3, 0.4) is 0 Å². The van der Waals surface area contributed by atoms with E-state index >= 15 is 0 Å². The predicted molar refractivity (Wildman–Crippen MR) is 64.1 cm³/mol. The molecule has 1 N–H and O–H groups in total. The van der Waals surface area contributed by atoms with Gasteiger partial charge in [-0.15, -0.1) is 0 Å². The third-order valence-electron chi connectivity index (χ3n) is 1.98. The highest BCUT2D eigenvalue weighted by atomic mass is 16.5. The summed E-state index contributed by atoms with van der Waals surface area (Å²) in [5.74, 6) is -0.825. The van der Waals surface area contributed by atoms with Crippen molar-refractivity contribution in [3.8, 4) is 0 Å². The van der Waals surface area contributed by atoms with E-state index in [1.165, 1.54) is 6.08 Å². The SMILES string of the molecule is C/C=C/C(=O)OCC(=O)NCc1ccccc1. The Morgan fingerprint density at radius 2 is 2.00 bits per heavy atom. The Hall–Kier alpha value is -2.10. The molecule has 4 heteroatoms. The van der Waals surface area contributed by atoms with Crippen LogP contribution in [0.15, 0.2) is 42.5 Å². The molecule has 0 saturated carbocycles. The maximum absolute atomic E-state index is 11.3. The van der Waals surface area contributed by atoms with Crippen LogP contribution in [0.25, 0.3) is 0 Å². The zero-order chi connectivity index (χ0) is 12.5. The molecular formula is C13H15NO3. The number of hydrogen-bond acceptors (Lipinski definition) is 3. The van der Waals surface area contributed by atoms with Crippen molar-refractivity contribution in [1.29, 1.82) is 0 Å². The molecule has 0 unspecified atom stereocenters. The maximum Gasteiger partial charge on any atom is 0.330 e. The molecule has 0 saturated heterocycles. The van der Waals surface area contributed by atoms with E-state index in [2.05, 4.69) is 5.32 Å². The lowest BCUT2D eigenvalue weighted by molar-refractivity contribution is -0.143. The van der Waals surface area contributed by atoms with Gasteiger partial charge in [0.25, 0.3) is 5.91 Å². The number of rotatable bonds is 5. The number of allylic oxidation sites excluding steroid dienone is 1. The van der Waals surface area contributed by atoms with Crippen LogP contribution in [0.2, 0.25) is 0 Å². The van der Waals surface area contributed by atoms with Gasteiger partial charge in [-0.25, -0.2) is 4.79 Å². The summed E-state index contributed by atoms with van der Waals surface area (Å²) in [6.45, 7) is 1.88. The molecule has 0 aliphatic carbocycles.